The molecule has 1 atom stereocenters. The van der Waals surface area contributed by atoms with Gasteiger partial charge in [0.2, 0.25) is 6.08 Å². The summed E-state index contributed by atoms with van der Waals surface area (Å²) in [6.45, 7) is 3.75. The summed E-state index contributed by atoms with van der Waals surface area (Å²) in [5.74, 6) is 0. The number of aliphatic imine (C=N–C) groups is 1. The molecule has 0 aromatic rings. The Morgan fingerprint density at radius 3 is 2.38 bits per heavy atom. The van der Waals surface area contributed by atoms with Crippen molar-refractivity contribution in [3.05, 3.63) is 0 Å². The van der Waals surface area contributed by atoms with Crippen LogP contribution in [0.15, 0.2) is 4.99 Å². The molecule has 1 heterocycles. The quantitative estimate of drug-likeness (QED) is 0.281. The highest BCUT2D eigenvalue weighted by Gasteiger charge is 2.48. The van der Waals surface area contributed by atoms with E-state index in [1.54, 1.807) is 0 Å². The van der Waals surface area contributed by atoms with E-state index in [0.717, 1.165) is 0 Å². The van der Waals surface area contributed by atoms with Gasteiger partial charge in [-0.1, -0.05) is 0 Å². The molecule has 0 radical (unpaired) electrons. The average molecular weight is 113 g/mol. The number of hydrogen-bond acceptors (Lipinski definition) is 3. The molecule has 1 unspecified atom stereocenters. The van der Waals surface area contributed by atoms with Crippen LogP contribution in [0.25, 0.3) is 0 Å². The van der Waals surface area contributed by atoms with E-state index in [9.17, 15) is 4.79 Å². The van der Waals surface area contributed by atoms with Crippen molar-refractivity contribution in [1.29, 1.82) is 0 Å². The van der Waals surface area contributed by atoms with Gasteiger partial charge in [-0.25, -0.2) is 4.79 Å². The van der Waals surface area contributed by atoms with Gasteiger partial charge < -0.3 is 4.74 Å². The molecule has 0 N–H and O–H groups in total. The first-order valence-corrected chi connectivity index (χ1v) is 2.41. The molecule has 3 nitrogen and oxygen atoms in total. The van der Waals surface area contributed by atoms with E-state index in [1.165, 1.54) is 6.08 Å². The first kappa shape index (κ1) is 5.48. The molecule has 1 fully saturated rings. The Morgan fingerprint density at radius 2 is 2.25 bits per heavy atom. The van der Waals surface area contributed by atoms with Crippen LogP contribution in [-0.2, 0) is 9.53 Å². The van der Waals surface area contributed by atoms with Crippen LogP contribution in [0.2, 0.25) is 0 Å². The Labute approximate surface area is 47.4 Å². The maximum atomic E-state index is 9.57. The SMILES string of the molecule is CC1(C)OC1N=C=O. The minimum atomic E-state index is -0.236. The summed E-state index contributed by atoms with van der Waals surface area (Å²) < 4.78 is 4.92. The Hall–Kier alpha value is -0.660. The molecule has 0 aliphatic carbocycles. The van der Waals surface area contributed by atoms with Crippen molar-refractivity contribution in [1.82, 2.24) is 0 Å². The Morgan fingerprint density at radius 1 is 1.75 bits per heavy atom. The minimum absolute atomic E-state index is 0.211. The summed E-state index contributed by atoms with van der Waals surface area (Å²) in [6.07, 6.45) is 1.20. The fourth-order valence-electron chi connectivity index (χ4n) is 0.483. The lowest BCUT2D eigenvalue weighted by molar-refractivity contribution is 0.326. The molecule has 1 aliphatic rings. The molecule has 8 heavy (non-hydrogen) atoms. The molecule has 1 aliphatic heterocycles. The van der Waals surface area contributed by atoms with Gasteiger partial charge in [-0.05, 0) is 13.8 Å². The van der Waals surface area contributed by atoms with Crippen molar-refractivity contribution in [2.24, 2.45) is 4.99 Å². The zero-order valence-electron chi connectivity index (χ0n) is 4.84. The molecule has 1 saturated heterocycles. The van der Waals surface area contributed by atoms with E-state index in [1.807, 2.05) is 13.8 Å². The van der Waals surface area contributed by atoms with Gasteiger partial charge in [-0.3, -0.25) is 0 Å². The second kappa shape index (κ2) is 1.41. The fraction of sp³-hybridized carbons (Fsp3) is 0.800. The van der Waals surface area contributed by atoms with Gasteiger partial charge >= 0.3 is 0 Å². The molecule has 0 aromatic carbocycles. The zero-order valence-corrected chi connectivity index (χ0v) is 4.84. The molecule has 1 rings (SSSR count). The fourth-order valence-corrected chi connectivity index (χ4v) is 0.483. The number of hydrogen-bond donors (Lipinski definition) is 0. The predicted molar refractivity (Wildman–Crippen MR) is 27.1 cm³/mol. The van der Waals surface area contributed by atoms with Crippen molar-refractivity contribution < 1.29 is 9.53 Å². The maximum absolute atomic E-state index is 9.57. The number of carbonyl (C=O) groups excluding carboxylic acids is 1. The van der Waals surface area contributed by atoms with Gasteiger partial charge in [0.25, 0.3) is 0 Å². The van der Waals surface area contributed by atoms with Crippen molar-refractivity contribution in [2.45, 2.75) is 25.7 Å². The molecular weight excluding hydrogens is 106 g/mol. The van der Waals surface area contributed by atoms with Crippen LogP contribution in [0.5, 0.6) is 0 Å². The summed E-state index contributed by atoms with van der Waals surface area (Å²) in [4.78, 5) is 12.9. The van der Waals surface area contributed by atoms with E-state index in [-0.39, 0.29) is 11.8 Å². The summed E-state index contributed by atoms with van der Waals surface area (Å²) in [7, 11) is 0. The van der Waals surface area contributed by atoms with E-state index in [0.29, 0.717) is 0 Å². The predicted octanol–water partition coefficient (Wildman–Crippen LogP) is 0.457. The third kappa shape index (κ3) is 0.782. The van der Waals surface area contributed by atoms with Crippen molar-refractivity contribution in [2.75, 3.05) is 0 Å². The lowest BCUT2D eigenvalue weighted by Gasteiger charge is -1.84. The second-order valence-corrected chi connectivity index (χ2v) is 2.29. The van der Waals surface area contributed by atoms with Crippen LogP contribution in [0.1, 0.15) is 13.8 Å². The van der Waals surface area contributed by atoms with Crippen LogP contribution in [0.4, 0.5) is 0 Å². The van der Waals surface area contributed by atoms with Crippen molar-refractivity contribution >= 4 is 6.08 Å². The second-order valence-electron chi connectivity index (χ2n) is 2.29. The minimum Gasteiger partial charge on any atom is -0.342 e. The molecular formula is C5H7NO2. The van der Waals surface area contributed by atoms with Gasteiger partial charge in [0.1, 0.15) is 5.60 Å². The molecule has 0 amide bonds. The number of ether oxygens (including phenoxy) is 1. The van der Waals surface area contributed by atoms with Crippen LogP contribution in [0, 0.1) is 0 Å². The van der Waals surface area contributed by atoms with E-state index < -0.39 is 0 Å². The molecule has 0 spiro atoms. The van der Waals surface area contributed by atoms with E-state index >= 15 is 0 Å². The maximum Gasteiger partial charge on any atom is 0.237 e. The number of rotatable bonds is 1. The Balaban J connectivity index is 2.48. The normalized spacial score (nSPS) is 31.0. The van der Waals surface area contributed by atoms with Gasteiger partial charge in [0.05, 0.1) is 0 Å². The van der Waals surface area contributed by atoms with Crippen LogP contribution < -0.4 is 0 Å². The Bertz CT molecular complexity index is 147. The summed E-state index contributed by atoms with van der Waals surface area (Å²) >= 11 is 0. The molecule has 0 aromatic heterocycles. The summed E-state index contributed by atoms with van der Waals surface area (Å²) in [6, 6.07) is 0. The van der Waals surface area contributed by atoms with Gasteiger partial charge in [-0.15, -0.1) is 0 Å². The number of nitrogens with zero attached hydrogens (tertiary/aromatic N) is 1. The lowest BCUT2D eigenvalue weighted by Crippen LogP contribution is -1.99. The third-order valence-electron chi connectivity index (χ3n) is 1.12. The lowest BCUT2D eigenvalue weighted by atomic mass is 10.2. The van der Waals surface area contributed by atoms with E-state index in [4.69, 9.17) is 4.74 Å². The highest BCUT2D eigenvalue weighted by Crippen LogP contribution is 2.35. The number of isocyanates is 1. The highest BCUT2D eigenvalue weighted by molar-refractivity contribution is 5.34. The molecule has 44 valence electrons. The standard InChI is InChI=1S/C5H7NO2/c1-5(2)4(8-5)6-3-7/h4H,1-2H3. The van der Waals surface area contributed by atoms with Crippen LogP contribution in [-0.4, -0.2) is 17.9 Å². The first-order chi connectivity index (χ1) is 3.67. The first-order valence-electron chi connectivity index (χ1n) is 2.41. The van der Waals surface area contributed by atoms with Crippen molar-refractivity contribution in [3.8, 4) is 0 Å². The zero-order chi connectivity index (χ0) is 6.20. The summed E-state index contributed by atoms with van der Waals surface area (Å²) in [5.41, 5.74) is -0.211. The summed E-state index contributed by atoms with van der Waals surface area (Å²) in [5, 5.41) is 0. The van der Waals surface area contributed by atoms with Crippen molar-refractivity contribution in [3.63, 3.8) is 0 Å². The third-order valence-corrected chi connectivity index (χ3v) is 1.12. The highest BCUT2D eigenvalue weighted by atomic mass is 16.6. The van der Waals surface area contributed by atoms with Crippen LogP contribution in [0.3, 0.4) is 0 Å². The smallest absolute Gasteiger partial charge is 0.237 e. The van der Waals surface area contributed by atoms with Gasteiger partial charge in [0.15, 0.2) is 6.23 Å². The molecule has 0 saturated carbocycles. The molecule has 0 bridgehead atoms. The monoisotopic (exact) mass is 113 g/mol. The number of epoxide rings is 1. The van der Waals surface area contributed by atoms with Gasteiger partial charge in [-0.2, -0.15) is 4.99 Å². The van der Waals surface area contributed by atoms with Gasteiger partial charge in [0, 0.05) is 0 Å². The Kier molecular flexibility index (Phi) is 0.962. The average Bonchev–Trinajstić information content (AvgIpc) is 2.15. The van der Waals surface area contributed by atoms with Crippen LogP contribution >= 0.6 is 0 Å². The largest absolute Gasteiger partial charge is 0.342 e. The topological polar surface area (TPSA) is 42.0 Å². The molecule has 3 heteroatoms. The van der Waals surface area contributed by atoms with E-state index in [2.05, 4.69) is 4.99 Å².